The highest BCUT2D eigenvalue weighted by Crippen LogP contribution is 2.28. The number of rotatable bonds is 2. The molecule has 4 N–H and O–H groups in total. The molecule has 0 amide bonds. The summed E-state index contributed by atoms with van der Waals surface area (Å²) in [6, 6.07) is 0. The fraction of sp³-hybridized carbons (Fsp3) is 0.455. The Morgan fingerprint density at radius 3 is 2.85 bits per heavy atom. The number of aliphatic hydroxyl groups is 3. The predicted molar refractivity (Wildman–Crippen MR) is 63.3 cm³/mol. The molecule has 3 rings (SSSR count). The lowest BCUT2D eigenvalue weighted by atomic mass is 10.1. The summed E-state index contributed by atoms with van der Waals surface area (Å²) in [7, 11) is 0. The third-order valence-corrected chi connectivity index (χ3v) is 3.34. The SMILES string of the molecule is O=c1nc2[nH]cc(F)c2cn1[C@@H]1O[C@H](CO)C(O)[C@@H]1O. The highest BCUT2D eigenvalue weighted by Gasteiger charge is 2.43. The Kier molecular flexibility index (Phi) is 3.05. The maximum Gasteiger partial charge on any atom is 0.351 e. The van der Waals surface area contributed by atoms with Gasteiger partial charge in [-0.2, -0.15) is 4.98 Å². The molecule has 2 aromatic heterocycles. The fourth-order valence-electron chi connectivity index (χ4n) is 2.26. The highest BCUT2D eigenvalue weighted by molar-refractivity contribution is 5.74. The van der Waals surface area contributed by atoms with Crippen molar-refractivity contribution in [3.05, 3.63) is 28.7 Å². The molecule has 0 saturated carbocycles. The average Bonchev–Trinajstić information content (AvgIpc) is 2.92. The second kappa shape index (κ2) is 4.63. The molecule has 8 nitrogen and oxygen atoms in total. The molecule has 2 aromatic rings. The molecule has 20 heavy (non-hydrogen) atoms. The summed E-state index contributed by atoms with van der Waals surface area (Å²) in [6.45, 7) is -0.516. The molecule has 4 atom stereocenters. The van der Waals surface area contributed by atoms with Crippen molar-refractivity contribution in [3.63, 3.8) is 0 Å². The smallest absolute Gasteiger partial charge is 0.351 e. The number of nitrogens with zero attached hydrogens (tertiary/aromatic N) is 2. The predicted octanol–water partition coefficient (Wildman–Crippen LogP) is -1.52. The zero-order valence-corrected chi connectivity index (χ0v) is 10.1. The number of H-pyrrole nitrogens is 1. The molecule has 0 aliphatic carbocycles. The number of nitrogens with one attached hydrogen (secondary N) is 1. The van der Waals surface area contributed by atoms with Crippen LogP contribution in [0.2, 0.25) is 0 Å². The van der Waals surface area contributed by atoms with Gasteiger partial charge < -0.3 is 25.0 Å². The summed E-state index contributed by atoms with van der Waals surface area (Å²) in [6.07, 6.45) is -2.82. The lowest BCUT2D eigenvalue weighted by Crippen LogP contribution is -2.35. The molecule has 1 aliphatic heterocycles. The van der Waals surface area contributed by atoms with Crippen molar-refractivity contribution in [3.8, 4) is 0 Å². The second-order valence-corrected chi connectivity index (χ2v) is 4.56. The van der Waals surface area contributed by atoms with Crippen molar-refractivity contribution in [1.82, 2.24) is 14.5 Å². The van der Waals surface area contributed by atoms with Crippen LogP contribution >= 0.6 is 0 Å². The number of hydrogen-bond donors (Lipinski definition) is 4. The molecule has 108 valence electrons. The van der Waals surface area contributed by atoms with E-state index in [1.807, 2.05) is 0 Å². The van der Waals surface area contributed by atoms with E-state index < -0.39 is 42.7 Å². The molecule has 1 saturated heterocycles. The minimum absolute atomic E-state index is 0.0577. The molecule has 0 radical (unpaired) electrons. The van der Waals surface area contributed by atoms with Gasteiger partial charge in [0.05, 0.1) is 12.0 Å². The van der Waals surface area contributed by atoms with E-state index in [9.17, 15) is 19.4 Å². The summed E-state index contributed by atoms with van der Waals surface area (Å²) < 4.78 is 19.6. The van der Waals surface area contributed by atoms with Crippen LogP contribution in [0.1, 0.15) is 6.23 Å². The summed E-state index contributed by atoms with van der Waals surface area (Å²) in [5.74, 6) is -0.604. The van der Waals surface area contributed by atoms with Gasteiger partial charge >= 0.3 is 5.69 Å². The van der Waals surface area contributed by atoms with Gasteiger partial charge in [0.15, 0.2) is 12.0 Å². The van der Waals surface area contributed by atoms with Crippen LogP contribution in [0, 0.1) is 5.82 Å². The Balaban J connectivity index is 2.08. The van der Waals surface area contributed by atoms with Gasteiger partial charge in [-0.1, -0.05) is 0 Å². The van der Waals surface area contributed by atoms with E-state index in [1.54, 1.807) is 0 Å². The standard InChI is InChI=1S/C11H12FN3O5/c12-5-1-13-9-4(5)2-15(11(19)14-9)10-8(18)7(17)6(3-16)20-10/h1-2,6-8,10,16-18H,3H2,(H,13,14,19)/t6-,7?,8+,10-/m1/s1. The molecule has 9 heteroatoms. The average molecular weight is 285 g/mol. The Morgan fingerprint density at radius 1 is 1.45 bits per heavy atom. The molecular weight excluding hydrogens is 273 g/mol. The van der Waals surface area contributed by atoms with Crippen molar-refractivity contribution >= 4 is 11.0 Å². The Morgan fingerprint density at radius 2 is 2.20 bits per heavy atom. The molecule has 1 unspecified atom stereocenters. The molecular formula is C11H12FN3O5. The quantitative estimate of drug-likeness (QED) is 0.531. The fourth-order valence-corrected chi connectivity index (χ4v) is 2.26. The van der Waals surface area contributed by atoms with Gasteiger partial charge in [0.1, 0.15) is 24.0 Å². The summed E-state index contributed by atoms with van der Waals surface area (Å²) in [5.41, 5.74) is -0.690. The molecule has 0 spiro atoms. The van der Waals surface area contributed by atoms with E-state index in [1.165, 1.54) is 0 Å². The normalized spacial score (nSPS) is 30.2. The van der Waals surface area contributed by atoms with E-state index >= 15 is 0 Å². The van der Waals surface area contributed by atoms with Gasteiger partial charge in [-0.25, -0.2) is 9.18 Å². The van der Waals surface area contributed by atoms with E-state index in [0.29, 0.717) is 0 Å². The van der Waals surface area contributed by atoms with Gasteiger partial charge in [-0.3, -0.25) is 4.57 Å². The Hall–Kier alpha value is -1.81. The third kappa shape index (κ3) is 1.83. The van der Waals surface area contributed by atoms with Crippen LogP contribution < -0.4 is 5.69 Å². The zero-order chi connectivity index (χ0) is 14.4. The lowest BCUT2D eigenvalue weighted by molar-refractivity contribution is -0.0547. The minimum Gasteiger partial charge on any atom is -0.394 e. The van der Waals surface area contributed by atoms with E-state index in [2.05, 4.69) is 9.97 Å². The molecule has 0 aromatic carbocycles. The number of fused-ring (bicyclic) bond motifs is 1. The van der Waals surface area contributed by atoms with Crippen molar-refractivity contribution in [2.45, 2.75) is 24.5 Å². The first-order valence-corrected chi connectivity index (χ1v) is 5.91. The number of aromatic nitrogens is 3. The van der Waals surface area contributed by atoms with Crippen LogP contribution in [0.3, 0.4) is 0 Å². The van der Waals surface area contributed by atoms with E-state index in [0.717, 1.165) is 17.0 Å². The van der Waals surface area contributed by atoms with Crippen LogP contribution in [0.15, 0.2) is 17.2 Å². The topological polar surface area (TPSA) is 121 Å². The largest absolute Gasteiger partial charge is 0.394 e. The third-order valence-electron chi connectivity index (χ3n) is 3.34. The van der Waals surface area contributed by atoms with Crippen molar-refractivity contribution < 1.29 is 24.4 Å². The summed E-state index contributed by atoms with van der Waals surface area (Å²) >= 11 is 0. The first-order chi connectivity index (χ1) is 9.52. The van der Waals surface area contributed by atoms with Crippen LogP contribution in [0.5, 0.6) is 0 Å². The van der Waals surface area contributed by atoms with Gasteiger partial charge in [-0.15, -0.1) is 0 Å². The van der Waals surface area contributed by atoms with Crippen molar-refractivity contribution in [2.24, 2.45) is 0 Å². The van der Waals surface area contributed by atoms with Crippen molar-refractivity contribution in [2.75, 3.05) is 6.61 Å². The second-order valence-electron chi connectivity index (χ2n) is 4.56. The van der Waals surface area contributed by atoms with Gasteiger partial charge in [0, 0.05) is 12.4 Å². The monoisotopic (exact) mass is 285 g/mol. The zero-order valence-electron chi connectivity index (χ0n) is 10.1. The number of aliphatic hydroxyl groups excluding tert-OH is 3. The summed E-state index contributed by atoms with van der Waals surface area (Å²) in [4.78, 5) is 18.0. The van der Waals surface area contributed by atoms with Crippen LogP contribution in [0.4, 0.5) is 4.39 Å². The van der Waals surface area contributed by atoms with Crippen LogP contribution in [-0.2, 0) is 4.74 Å². The highest BCUT2D eigenvalue weighted by atomic mass is 19.1. The van der Waals surface area contributed by atoms with Crippen LogP contribution in [0.25, 0.3) is 11.0 Å². The Labute approximate surface area is 111 Å². The minimum atomic E-state index is -1.42. The number of hydrogen-bond acceptors (Lipinski definition) is 6. The van der Waals surface area contributed by atoms with Gasteiger partial charge in [-0.05, 0) is 0 Å². The van der Waals surface area contributed by atoms with Gasteiger partial charge in [0.25, 0.3) is 0 Å². The lowest BCUT2D eigenvalue weighted by Gasteiger charge is -2.16. The molecule has 0 bridgehead atoms. The first-order valence-electron chi connectivity index (χ1n) is 5.91. The number of ether oxygens (including phenoxy) is 1. The van der Waals surface area contributed by atoms with Gasteiger partial charge in [0.2, 0.25) is 0 Å². The van der Waals surface area contributed by atoms with Crippen molar-refractivity contribution in [1.29, 1.82) is 0 Å². The first kappa shape index (κ1) is 13.2. The maximum atomic E-state index is 13.5. The Bertz CT molecular complexity index is 699. The molecule has 1 aliphatic rings. The van der Waals surface area contributed by atoms with Crippen LogP contribution in [-0.4, -0.2) is 54.8 Å². The van der Waals surface area contributed by atoms with E-state index in [-0.39, 0.29) is 11.0 Å². The molecule has 1 fully saturated rings. The number of aromatic amines is 1. The van der Waals surface area contributed by atoms with E-state index in [4.69, 9.17) is 9.84 Å². The summed E-state index contributed by atoms with van der Waals surface area (Å²) in [5, 5.41) is 28.6. The molecule has 3 heterocycles. The maximum absolute atomic E-state index is 13.5. The number of halogens is 1.